The molecule has 0 spiro atoms. The summed E-state index contributed by atoms with van der Waals surface area (Å²) in [6.45, 7) is 3.18. The van der Waals surface area contributed by atoms with Gasteiger partial charge in [-0.25, -0.2) is 9.18 Å². The van der Waals surface area contributed by atoms with E-state index in [9.17, 15) is 24.1 Å². The lowest BCUT2D eigenvalue weighted by molar-refractivity contribution is -0.384. The van der Waals surface area contributed by atoms with Crippen LogP contribution >= 0.6 is 0 Å². The molecule has 0 aromatic heterocycles. The Hall–Kier alpha value is -3.49. The lowest BCUT2D eigenvalue weighted by atomic mass is 9.99. The Labute approximate surface area is 179 Å². The van der Waals surface area contributed by atoms with Gasteiger partial charge in [-0.3, -0.25) is 14.9 Å². The number of esters is 1. The van der Waals surface area contributed by atoms with E-state index in [1.165, 1.54) is 36.4 Å². The van der Waals surface area contributed by atoms with E-state index in [4.69, 9.17) is 4.74 Å². The molecular weight excluding hydrogens is 405 g/mol. The number of carbonyl (C=O) groups is 2. The standard InChI is InChI=1S/C22H24FN3O5/c1-15-3-2-10-25(13-15)19-9-6-17(11-20(19)26(29)30)22(28)31-14-21(27)24-12-16-4-7-18(23)8-5-16/h4-9,11,15H,2-3,10,12-14H2,1H3,(H,24,27). The van der Waals surface area contributed by atoms with Crippen LogP contribution in [0.1, 0.15) is 35.7 Å². The molecule has 3 rings (SSSR count). The molecule has 8 nitrogen and oxygen atoms in total. The first-order valence-electron chi connectivity index (χ1n) is 10.0. The van der Waals surface area contributed by atoms with E-state index in [-0.39, 0.29) is 23.6 Å². The number of anilines is 1. The van der Waals surface area contributed by atoms with E-state index in [1.807, 2.05) is 4.90 Å². The lowest BCUT2D eigenvalue weighted by Crippen LogP contribution is -2.34. The van der Waals surface area contributed by atoms with Crippen molar-refractivity contribution < 1.29 is 23.6 Å². The van der Waals surface area contributed by atoms with E-state index in [2.05, 4.69) is 12.2 Å². The van der Waals surface area contributed by atoms with Gasteiger partial charge >= 0.3 is 5.97 Å². The second-order valence-electron chi connectivity index (χ2n) is 7.63. The Kier molecular flexibility index (Phi) is 7.17. The van der Waals surface area contributed by atoms with Crippen LogP contribution in [0.15, 0.2) is 42.5 Å². The third kappa shape index (κ3) is 6.00. The van der Waals surface area contributed by atoms with E-state index in [1.54, 1.807) is 6.07 Å². The molecule has 0 aliphatic carbocycles. The number of piperidine rings is 1. The summed E-state index contributed by atoms with van der Waals surface area (Å²) in [6, 6.07) is 9.84. The van der Waals surface area contributed by atoms with E-state index >= 15 is 0 Å². The zero-order valence-corrected chi connectivity index (χ0v) is 17.2. The van der Waals surface area contributed by atoms with Crippen LogP contribution in [-0.2, 0) is 16.1 Å². The van der Waals surface area contributed by atoms with Gasteiger partial charge < -0.3 is 15.0 Å². The van der Waals surface area contributed by atoms with Gasteiger partial charge in [-0.1, -0.05) is 19.1 Å². The maximum atomic E-state index is 12.9. The van der Waals surface area contributed by atoms with Crippen LogP contribution in [0.3, 0.4) is 0 Å². The third-order valence-corrected chi connectivity index (χ3v) is 5.14. The number of benzene rings is 2. The third-order valence-electron chi connectivity index (χ3n) is 5.14. The second kappa shape index (κ2) is 10.0. The SMILES string of the molecule is CC1CCCN(c2ccc(C(=O)OCC(=O)NCc3ccc(F)cc3)cc2[N+](=O)[O-])C1. The first kappa shape index (κ1) is 22.2. The molecule has 1 aliphatic rings. The van der Waals surface area contributed by atoms with Gasteiger partial charge in [-0.15, -0.1) is 0 Å². The molecule has 1 atom stereocenters. The Morgan fingerprint density at radius 1 is 1.26 bits per heavy atom. The van der Waals surface area contributed by atoms with Crippen molar-refractivity contribution in [1.29, 1.82) is 0 Å². The lowest BCUT2D eigenvalue weighted by Gasteiger charge is -2.32. The normalized spacial score (nSPS) is 15.9. The largest absolute Gasteiger partial charge is 0.452 e. The molecule has 1 fully saturated rings. The molecule has 0 bridgehead atoms. The minimum absolute atomic E-state index is 0.00634. The number of hydrogen-bond donors (Lipinski definition) is 1. The summed E-state index contributed by atoms with van der Waals surface area (Å²) in [6.07, 6.45) is 2.03. The number of halogens is 1. The highest BCUT2D eigenvalue weighted by Crippen LogP contribution is 2.32. The number of ether oxygens (including phenoxy) is 1. The van der Waals surface area contributed by atoms with Gasteiger partial charge in [0, 0.05) is 25.7 Å². The quantitative estimate of drug-likeness (QED) is 0.411. The molecule has 2 aromatic carbocycles. The molecule has 2 aromatic rings. The minimum atomic E-state index is -0.821. The Bertz CT molecular complexity index is 964. The topological polar surface area (TPSA) is 102 Å². The minimum Gasteiger partial charge on any atom is -0.452 e. The van der Waals surface area contributed by atoms with Crippen LogP contribution in [0.2, 0.25) is 0 Å². The first-order valence-corrected chi connectivity index (χ1v) is 10.0. The number of nitrogens with one attached hydrogen (secondary N) is 1. The van der Waals surface area contributed by atoms with E-state index in [0.29, 0.717) is 17.2 Å². The predicted molar refractivity (Wildman–Crippen MR) is 112 cm³/mol. The highest BCUT2D eigenvalue weighted by molar-refractivity contribution is 5.93. The highest BCUT2D eigenvalue weighted by Gasteiger charge is 2.25. The fraction of sp³-hybridized carbons (Fsp3) is 0.364. The van der Waals surface area contributed by atoms with Crippen LogP contribution < -0.4 is 10.2 Å². The zero-order valence-electron chi connectivity index (χ0n) is 17.2. The van der Waals surface area contributed by atoms with Crippen molar-refractivity contribution in [3.63, 3.8) is 0 Å². The van der Waals surface area contributed by atoms with Crippen LogP contribution in [0.5, 0.6) is 0 Å². The van der Waals surface area contributed by atoms with Gasteiger partial charge in [0.05, 0.1) is 10.5 Å². The molecule has 0 saturated carbocycles. The Morgan fingerprint density at radius 3 is 2.68 bits per heavy atom. The molecule has 1 N–H and O–H groups in total. The number of amides is 1. The van der Waals surface area contributed by atoms with Crippen molar-refractivity contribution in [3.05, 3.63) is 69.5 Å². The van der Waals surface area contributed by atoms with Crippen molar-refractivity contribution in [2.24, 2.45) is 5.92 Å². The molecule has 1 heterocycles. The molecule has 164 valence electrons. The molecule has 9 heteroatoms. The fourth-order valence-corrected chi connectivity index (χ4v) is 3.54. The van der Waals surface area contributed by atoms with Crippen molar-refractivity contribution in [2.75, 3.05) is 24.6 Å². The smallest absolute Gasteiger partial charge is 0.338 e. The molecule has 1 aliphatic heterocycles. The summed E-state index contributed by atoms with van der Waals surface area (Å²) in [5.41, 5.74) is 1.01. The number of nitro benzene ring substituents is 1. The van der Waals surface area contributed by atoms with Gasteiger partial charge in [-0.05, 0) is 48.6 Å². The first-order chi connectivity index (χ1) is 14.8. The maximum absolute atomic E-state index is 12.9. The number of rotatable bonds is 7. The van der Waals surface area contributed by atoms with E-state index in [0.717, 1.165) is 25.9 Å². The number of nitro groups is 1. The average Bonchev–Trinajstić information content (AvgIpc) is 2.76. The summed E-state index contributed by atoms with van der Waals surface area (Å²) in [5.74, 6) is -1.30. The number of nitrogens with zero attached hydrogens (tertiary/aromatic N) is 2. The molecule has 1 unspecified atom stereocenters. The zero-order chi connectivity index (χ0) is 22.4. The average molecular weight is 429 g/mol. The highest BCUT2D eigenvalue weighted by atomic mass is 19.1. The number of carbonyl (C=O) groups excluding carboxylic acids is 2. The second-order valence-corrected chi connectivity index (χ2v) is 7.63. The Balaban J connectivity index is 1.59. The van der Waals surface area contributed by atoms with Crippen molar-refractivity contribution in [2.45, 2.75) is 26.3 Å². The summed E-state index contributed by atoms with van der Waals surface area (Å²) >= 11 is 0. The van der Waals surface area contributed by atoms with Crippen molar-refractivity contribution in [3.8, 4) is 0 Å². The summed E-state index contributed by atoms with van der Waals surface area (Å²) in [7, 11) is 0. The van der Waals surface area contributed by atoms with Gasteiger partial charge in [0.1, 0.15) is 11.5 Å². The van der Waals surface area contributed by atoms with Gasteiger partial charge in [0.15, 0.2) is 6.61 Å². The molecule has 1 amide bonds. The molecule has 31 heavy (non-hydrogen) atoms. The number of hydrogen-bond acceptors (Lipinski definition) is 6. The van der Waals surface area contributed by atoms with Gasteiger partial charge in [-0.2, -0.15) is 0 Å². The van der Waals surface area contributed by atoms with Gasteiger partial charge in [0.25, 0.3) is 11.6 Å². The van der Waals surface area contributed by atoms with Gasteiger partial charge in [0.2, 0.25) is 0 Å². The van der Waals surface area contributed by atoms with Crippen LogP contribution in [0, 0.1) is 21.8 Å². The summed E-state index contributed by atoms with van der Waals surface area (Å²) < 4.78 is 17.9. The van der Waals surface area contributed by atoms with Crippen LogP contribution in [0.4, 0.5) is 15.8 Å². The Morgan fingerprint density at radius 2 is 2.00 bits per heavy atom. The monoisotopic (exact) mass is 429 g/mol. The molecular formula is C22H24FN3O5. The van der Waals surface area contributed by atoms with Crippen LogP contribution in [-0.4, -0.2) is 36.5 Å². The molecule has 0 radical (unpaired) electrons. The fourth-order valence-electron chi connectivity index (χ4n) is 3.54. The maximum Gasteiger partial charge on any atom is 0.338 e. The predicted octanol–water partition coefficient (Wildman–Crippen LogP) is 3.44. The van der Waals surface area contributed by atoms with E-state index < -0.39 is 23.4 Å². The van der Waals surface area contributed by atoms with Crippen molar-refractivity contribution in [1.82, 2.24) is 5.32 Å². The summed E-state index contributed by atoms with van der Waals surface area (Å²) in [5, 5.41) is 14.1. The van der Waals surface area contributed by atoms with Crippen molar-refractivity contribution >= 4 is 23.3 Å². The molecule has 1 saturated heterocycles. The van der Waals surface area contributed by atoms with Crippen LogP contribution in [0.25, 0.3) is 0 Å². The summed E-state index contributed by atoms with van der Waals surface area (Å²) in [4.78, 5) is 37.2.